The van der Waals surface area contributed by atoms with E-state index in [1.807, 2.05) is 31.2 Å². The monoisotopic (exact) mass is 421 g/mol. The number of aromatic nitrogens is 1. The van der Waals surface area contributed by atoms with E-state index in [1.54, 1.807) is 34.3 Å². The Morgan fingerprint density at radius 2 is 1.97 bits per heavy atom. The molecule has 3 aliphatic heterocycles. The van der Waals surface area contributed by atoms with Crippen LogP contribution >= 0.6 is 0 Å². The Morgan fingerprint density at radius 3 is 2.68 bits per heavy atom. The van der Waals surface area contributed by atoms with Crippen molar-refractivity contribution < 1.29 is 18.7 Å². The second-order valence-electron chi connectivity index (χ2n) is 8.43. The van der Waals surface area contributed by atoms with E-state index in [0.29, 0.717) is 26.2 Å². The van der Waals surface area contributed by atoms with Gasteiger partial charge in [-0.05, 0) is 42.3 Å². The van der Waals surface area contributed by atoms with Crippen LogP contribution in [0.5, 0.6) is 0 Å². The van der Waals surface area contributed by atoms with Crippen molar-refractivity contribution in [3.63, 3.8) is 0 Å². The van der Waals surface area contributed by atoms with Gasteiger partial charge in [0.1, 0.15) is 11.4 Å². The minimum Gasteiger partial charge on any atom is -0.360 e. The first-order valence-electron chi connectivity index (χ1n) is 10.6. The Morgan fingerprint density at radius 1 is 1.23 bits per heavy atom. The molecule has 2 fully saturated rings. The summed E-state index contributed by atoms with van der Waals surface area (Å²) in [7, 11) is 0. The fraction of sp³-hybridized carbons (Fsp3) is 0.375. The van der Waals surface area contributed by atoms with Crippen LogP contribution in [0.4, 0.5) is 4.39 Å². The Kier molecular flexibility index (Phi) is 4.85. The number of nitrogens with zero attached hydrogens (tertiary/aromatic N) is 3. The summed E-state index contributed by atoms with van der Waals surface area (Å²) in [6.45, 7) is 3.73. The second kappa shape index (κ2) is 7.57. The maximum atomic E-state index is 13.5. The molecule has 5 rings (SSSR count). The number of likely N-dealkylation sites (tertiary alicyclic amines) is 1. The van der Waals surface area contributed by atoms with E-state index in [4.69, 9.17) is 4.74 Å². The summed E-state index contributed by atoms with van der Waals surface area (Å²) in [5, 5.41) is 0. The predicted molar refractivity (Wildman–Crippen MR) is 111 cm³/mol. The smallest absolute Gasteiger partial charge is 0.230 e. The predicted octanol–water partition coefficient (Wildman–Crippen LogP) is 2.55. The third-order valence-electron chi connectivity index (χ3n) is 6.57. The van der Waals surface area contributed by atoms with E-state index >= 15 is 0 Å². The van der Waals surface area contributed by atoms with E-state index in [1.165, 1.54) is 12.1 Å². The van der Waals surface area contributed by atoms with Crippen LogP contribution in [-0.4, -0.2) is 51.4 Å². The summed E-state index contributed by atoms with van der Waals surface area (Å²) < 4.78 is 19.5. The van der Waals surface area contributed by atoms with Gasteiger partial charge in [-0.3, -0.25) is 14.6 Å². The maximum absolute atomic E-state index is 13.5. The highest BCUT2D eigenvalue weighted by Crippen LogP contribution is 2.52. The first-order valence-corrected chi connectivity index (χ1v) is 10.6. The lowest BCUT2D eigenvalue weighted by Gasteiger charge is -2.29. The van der Waals surface area contributed by atoms with Crippen molar-refractivity contribution >= 4 is 11.8 Å². The molecule has 4 atom stereocenters. The van der Waals surface area contributed by atoms with Crippen LogP contribution in [-0.2, 0) is 27.4 Å². The van der Waals surface area contributed by atoms with Crippen molar-refractivity contribution in [2.75, 3.05) is 13.1 Å². The van der Waals surface area contributed by atoms with Gasteiger partial charge in [-0.1, -0.05) is 24.3 Å². The fourth-order valence-corrected chi connectivity index (χ4v) is 5.07. The van der Waals surface area contributed by atoms with Crippen molar-refractivity contribution in [3.05, 3.63) is 77.9 Å². The molecule has 0 aliphatic carbocycles. The number of amides is 2. The van der Waals surface area contributed by atoms with Gasteiger partial charge in [-0.25, -0.2) is 4.39 Å². The highest BCUT2D eigenvalue weighted by atomic mass is 19.1. The summed E-state index contributed by atoms with van der Waals surface area (Å²) in [4.78, 5) is 34.5. The van der Waals surface area contributed by atoms with Gasteiger partial charge in [0.05, 0.1) is 24.5 Å². The van der Waals surface area contributed by atoms with Crippen LogP contribution < -0.4 is 0 Å². The quantitative estimate of drug-likeness (QED) is 0.673. The molecular weight excluding hydrogens is 397 g/mol. The molecule has 1 spiro atoms. The summed E-state index contributed by atoms with van der Waals surface area (Å²) in [5.74, 6) is -1.50. The number of carbonyl (C=O) groups excluding carboxylic acids is 2. The van der Waals surface area contributed by atoms with Gasteiger partial charge in [0.25, 0.3) is 0 Å². The number of ether oxygens (including phenoxy) is 1. The number of rotatable bonds is 6. The van der Waals surface area contributed by atoms with Crippen LogP contribution in [0.15, 0.2) is 60.9 Å². The van der Waals surface area contributed by atoms with Gasteiger partial charge in [0, 0.05) is 32.0 Å². The number of hydrogen-bond donors (Lipinski definition) is 0. The molecule has 2 saturated heterocycles. The average Bonchev–Trinajstić information content (AvgIpc) is 3.42. The zero-order chi connectivity index (χ0) is 21.6. The Bertz CT molecular complexity index is 1030. The number of pyridine rings is 1. The lowest BCUT2D eigenvalue weighted by atomic mass is 9.76. The van der Waals surface area contributed by atoms with Gasteiger partial charge < -0.3 is 14.5 Å². The van der Waals surface area contributed by atoms with Gasteiger partial charge >= 0.3 is 0 Å². The zero-order valence-electron chi connectivity index (χ0n) is 17.3. The first-order chi connectivity index (χ1) is 15.0. The molecule has 3 aliphatic rings. The van der Waals surface area contributed by atoms with Gasteiger partial charge in [0.15, 0.2) is 0 Å². The molecular formula is C24H24FN3O3. The Hall–Kier alpha value is -3.06. The van der Waals surface area contributed by atoms with Crippen molar-refractivity contribution in [3.8, 4) is 0 Å². The minimum atomic E-state index is -0.752. The fourth-order valence-electron chi connectivity index (χ4n) is 5.07. The van der Waals surface area contributed by atoms with Crippen LogP contribution in [0.1, 0.15) is 18.1 Å². The van der Waals surface area contributed by atoms with Crippen LogP contribution in [0, 0.1) is 17.7 Å². The van der Waals surface area contributed by atoms with Crippen LogP contribution in [0.2, 0.25) is 0 Å². The van der Waals surface area contributed by atoms with E-state index in [0.717, 1.165) is 11.1 Å². The van der Waals surface area contributed by atoms with E-state index in [2.05, 4.69) is 4.98 Å². The third kappa shape index (κ3) is 3.33. The molecule has 2 bridgehead atoms. The molecule has 0 radical (unpaired) electrons. The standard InChI is InChI=1S/C24H24FN3O3/c1-2-27(13-17-8-11-26-12-9-17)22(29)20-19-7-10-24(31-19)15-28(23(30)21(20)24)14-16-3-5-18(25)6-4-16/h3-12,19-21H,2,13-15H2,1H3/t19-,20?,21?,24-/m0/s1. The summed E-state index contributed by atoms with van der Waals surface area (Å²) in [5.41, 5.74) is 1.09. The number of hydrogen-bond acceptors (Lipinski definition) is 4. The number of benzene rings is 1. The lowest BCUT2D eigenvalue weighted by molar-refractivity contribution is -0.143. The van der Waals surface area contributed by atoms with Crippen molar-refractivity contribution in [1.82, 2.24) is 14.8 Å². The SMILES string of the molecule is CCN(Cc1ccncc1)C(=O)C1C2C(=O)N(Cc3ccc(F)cc3)C[C@@]23C=C[C@@H]1O3. The summed E-state index contributed by atoms with van der Waals surface area (Å²) in [6, 6.07) is 9.92. The normalized spacial score (nSPS) is 28.3. The molecule has 0 saturated carbocycles. The van der Waals surface area contributed by atoms with Crippen LogP contribution in [0.25, 0.3) is 0 Å². The number of fused-ring (bicyclic) bond motifs is 1. The Labute approximate surface area is 180 Å². The zero-order valence-corrected chi connectivity index (χ0v) is 17.3. The minimum absolute atomic E-state index is 0.0579. The number of halogens is 1. The molecule has 2 aromatic rings. The molecule has 6 nitrogen and oxygen atoms in total. The van der Waals surface area contributed by atoms with Gasteiger partial charge in [-0.2, -0.15) is 0 Å². The van der Waals surface area contributed by atoms with E-state index in [9.17, 15) is 14.0 Å². The first kappa shape index (κ1) is 19.9. The van der Waals surface area contributed by atoms with Gasteiger partial charge in [0.2, 0.25) is 11.8 Å². The lowest BCUT2D eigenvalue weighted by Crippen LogP contribution is -2.45. The van der Waals surface area contributed by atoms with E-state index in [-0.39, 0.29) is 23.7 Å². The summed E-state index contributed by atoms with van der Waals surface area (Å²) >= 11 is 0. The molecule has 31 heavy (non-hydrogen) atoms. The second-order valence-corrected chi connectivity index (χ2v) is 8.43. The molecule has 0 N–H and O–H groups in total. The van der Waals surface area contributed by atoms with Crippen molar-refractivity contribution in [2.24, 2.45) is 11.8 Å². The third-order valence-corrected chi connectivity index (χ3v) is 6.57. The molecule has 7 heteroatoms. The van der Waals surface area contributed by atoms with Crippen molar-refractivity contribution in [1.29, 1.82) is 0 Å². The number of carbonyl (C=O) groups is 2. The molecule has 2 amide bonds. The molecule has 1 aromatic heterocycles. The molecule has 1 aromatic carbocycles. The molecule has 4 heterocycles. The molecule has 2 unspecified atom stereocenters. The van der Waals surface area contributed by atoms with Crippen LogP contribution in [0.3, 0.4) is 0 Å². The average molecular weight is 421 g/mol. The van der Waals surface area contributed by atoms with Gasteiger partial charge in [-0.15, -0.1) is 0 Å². The maximum Gasteiger partial charge on any atom is 0.230 e. The largest absolute Gasteiger partial charge is 0.360 e. The topological polar surface area (TPSA) is 62.7 Å². The molecule has 160 valence electrons. The van der Waals surface area contributed by atoms with E-state index < -0.39 is 17.4 Å². The highest BCUT2D eigenvalue weighted by molar-refractivity contribution is 5.93. The summed E-state index contributed by atoms with van der Waals surface area (Å²) in [6.07, 6.45) is 6.92. The highest BCUT2D eigenvalue weighted by Gasteiger charge is 2.67. The Balaban J connectivity index is 1.37. The van der Waals surface area contributed by atoms with Crippen molar-refractivity contribution in [2.45, 2.75) is 31.7 Å².